The van der Waals surface area contributed by atoms with E-state index in [1.54, 1.807) is 24.3 Å². The minimum absolute atomic E-state index is 0.382. The van der Waals surface area contributed by atoms with E-state index < -0.39 is 6.10 Å². The van der Waals surface area contributed by atoms with E-state index in [4.69, 9.17) is 16.9 Å². The molecule has 102 valence electrons. The lowest BCUT2D eigenvalue weighted by atomic mass is 10.1. The molecule has 2 aromatic rings. The topological polar surface area (TPSA) is 56.0 Å². The van der Waals surface area contributed by atoms with Crippen molar-refractivity contribution in [3.05, 3.63) is 64.2 Å². The zero-order valence-electron chi connectivity index (χ0n) is 11.1. The van der Waals surface area contributed by atoms with Gasteiger partial charge in [0.1, 0.15) is 0 Å². The molecule has 0 heterocycles. The van der Waals surface area contributed by atoms with Crippen molar-refractivity contribution >= 4 is 17.3 Å². The molecule has 4 heteroatoms. The predicted molar refractivity (Wildman–Crippen MR) is 80.8 cm³/mol. The Labute approximate surface area is 123 Å². The van der Waals surface area contributed by atoms with Crippen LogP contribution in [0, 0.1) is 18.3 Å². The molecule has 0 saturated heterocycles. The normalized spacial score (nSPS) is 11.7. The van der Waals surface area contributed by atoms with Gasteiger partial charge in [0.2, 0.25) is 0 Å². The first-order valence-electron chi connectivity index (χ1n) is 6.29. The zero-order chi connectivity index (χ0) is 14.5. The molecule has 0 fully saturated rings. The second-order valence-corrected chi connectivity index (χ2v) is 4.95. The lowest BCUT2D eigenvalue weighted by Gasteiger charge is -2.15. The molecule has 0 saturated carbocycles. The van der Waals surface area contributed by atoms with Crippen molar-refractivity contribution in [2.75, 3.05) is 11.9 Å². The summed E-state index contributed by atoms with van der Waals surface area (Å²) in [5.74, 6) is 0. The van der Waals surface area contributed by atoms with Gasteiger partial charge in [-0.2, -0.15) is 5.26 Å². The number of anilines is 1. The Kier molecular flexibility index (Phi) is 4.62. The van der Waals surface area contributed by atoms with Crippen LogP contribution in [0.3, 0.4) is 0 Å². The number of aliphatic hydroxyl groups excluding tert-OH is 1. The summed E-state index contributed by atoms with van der Waals surface area (Å²) < 4.78 is 0. The summed E-state index contributed by atoms with van der Waals surface area (Å²) in [4.78, 5) is 0. The zero-order valence-corrected chi connectivity index (χ0v) is 11.9. The number of benzene rings is 2. The van der Waals surface area contributed by atoms with Crippen LogP contribution in [0.25, 0.3) is 0 Å². The molecule has 20 heavy (non-hydrogen) atoms. The Morgan fingerprint density at radius 1 is 1.25 bits per heavy atom. The van der Waals surface area contributed by atoms with Crippen LogP contribution in [0.15, 0.2) is 42.5 Å². The number of nitrogens with one attached hydrogen (secondary N) is 1. The molecule has 0 aliphatic rings. The lowest BCUT2D eigenvalue weighted by Crippen LogP contribution is -2.12. The molecule has 0 bridgehead atoms. The molecule has 0 aliphatic carbocycles. The summed E-state index contributed by atoms with van der Waals surface area (Å²) in [6.07, 6.45) is -0.638. The predicted octanol–water partition coefficient (Wildman–Crippen LogP) is 3.67. The monoisotopic (exact) mass is 286 g/mol. The fourth-order valence-electron chi connectivity index (χ4n) is 1.90. The van der Waals surface area contributed by atoms with Gasteiger partial charge >= 0.3 is 0 Å². The van der Waals surface area contributed by atoms with E-state index in [-0.39, 0.29) is 0 Å². The highest BCUT2D eigenvalue weighted by Crippen LogP contribution is 2.24. The second kappa shape index (κ2) is 6.42. The van der Waals surface area contributed by atoms with E-state index in [2.05, 4.69) is 11.4 Å². The first-order chi connectivity index (χ1) is 9.61. The van der Waals surface area contributed by atoms with Gasteiger partial charge in [-0.25, -0.2) is 0 Å². The number of nitriles is 1. The summed E-state index contributed by atoms with van der Waals surface area (Å²) in [6, 6.07) is 14.6. The molecular formula is C16H15ClN2O. The van der Waals surface area contributed by atoms with Crippen LogP contribution in [0.2, 0.25) is 5.02 Å². The molecule has 1 atom stereocenters. The van der Waals surface area contributed by atoms with Gasteiger partial charge in [-0.15, -0.1) is 0 Å². The third kappa shape index (κ3) is 3.30. The molecule has 0 amide bonds. The molecule has 1 unspecified atom stereocenters. The van der Waals surface area contributed by atoms with Crippen LogP contribution in [0.1, 0.15) is 22.8 Å². The van der Waals surface area contributed by atoms with Crippen LogP contribution < -0.4 is 5.32 Å². The average molecular weight is 287 g/mol. The van der Waals surface area contributed by atoms with Gasteiger partial charge in [0.15, 0.2) is 0 Å². The average Bonchev–Trinajstić information content (AvgIpc) is 2.48. The van der Waals surface area contributed by atoms with Crippen molar-refractivity contribution in [2.24, 2.45) is 0 Å². The maximum absolute atomic E-state index is 10.1. The van der Waals surface area contributed by atoms with E-state index in [1.165, 1.54) is 0 Å². The highest BCUT2D eigenvalue weighted by molar-refractivity contribution is 6.31. The molecule has 0 aliphatic heterocycles. The standard InChI is InChI=1S/C16H15ClN2O/c1-11-14(17)3-2-4-15(11)19-10-16(20)13-7-5-12(9-18)6-8-13/h2-8,16,19-20H,10H2,1H3. The first kappa shape index (κ1) is 14.4. The number of aliphatic hydroxyl groups is 1. The molecule has 2 aromatic carbocycles. The highest BCUT2D eigenvalue weighted by atomic mass is 35.5. The van der Waals surface area contributed by atoms with Crippen molar-refractivity contribution in [3.63, 3.8) is 0 Å². The third-order valence-corrected chi connectivity index (χ3v) is 3.59. The highest BCUT2D eigenvalue weighted by Gasteiger charge is 2.08. The molecule has 0 aromatic heterocycles. The molecule has 0 radical (unpaired) electrons. The molecule has 2 rings (SSSR count). The number of hydrogen-bond donors (Lipinski definition) is 2. The number of nitrogens with zero attached hydrogens (tertiary/aromatic N) is 1. The molecule has 2 N–H and O–H groups in total. The van der Waals surface area contributed by atoms with Crippen LogP contribution in [0.4, 0.5) is 5.69 Å². The van der Waals surface area contributed by atoms with Gasteiger partial charge in [-0.1, -0.05) is 29.8 Å². The summed E-state index contributed by atoms with van der Waals surface area (Å²) in [6.45, 7) is 2.31. The minimum atomic E-state index is -0.638. The smallest absolute Gasteiger partial charge is 0.0991 e. The Bertz CT molecular complexity index is 632. The van der Waals surface area contributed by atoms with E-state index in [9.17, 15) is 5.11 Å². The second-order valence-electron chi connectivity index (χ2n) is 4.54. The van der Waals surface area contributed by atoms with E-state index in [1.807, 2.05) is 25.1 Å². The Morgan fingerprint density at radius 3 is 2.60 bits per heavy atom. The molecule has 0 spiro atoms. The van der Waals surface area contributed by atoms with Crippen molar-refractivity contribution in [2.45, 2.75) is 13.0 Å². The van der Waals surface area contributed by atoms with E-state index in [0.29, 0.717) is 17.1 Å². The van der Waals surface area contributed by atoms with Gasteiger partial charge < -0.3 is 10.4 Å². The molecular weight excluding hydrogens is 272 g/mol. The largest absolute Gasteiger partial charge is 0.387 e. The Morgan fingerprint density at radius 2 is 1.95 bits per heavy atom. The number of halogens is 1. The van der Waals surface area contributed by atoms with E-state index >= 15 is 0 Å². The lowest BCUT2D eigenvalue weighted by molar-refractivity contribution is 0.191. The fraction of sp³-hybridized carbons (Fsp3) is 0.188. The maximum atomic E-state index is 10.1. The van der Waals surface area contributed by atoms with Gasteiger partial charge in [-0.3, -0.25) is 0 Å². The van der Waals surface area contributed by atoms with Gasteiger partial charge in [0, 0.05) is 17.3 Å². The van der Waals surface area contributed by atoms with Gasteiger partial charge in [0.25, 0.3) is 0 Å². The first-order valence-corrected chi connectivity index (χ1v) is 6.66. The van der Waals surface area contributed by atoms with Crippen molar-refractivity contribution in [3.8, 4) is 6.07 Å². The number of hydrogen-bond acceptors (Lipinski definition) is 3. The minimum Gasteiger partial charge on any atom is -0.387 e. The van der Waals surface area contributed by atoms with Gasteiger partial charge in [-0.05, 0) is 42.3 Å². The van der Waals surface area contributed by atoms with Crippen LogP contribution >= 0.6 is 11.6 Å². The maximum Gasteiger partial charge on any atom is 0.0991 e. The summed E-state index contributed by atoms with van der Waals surface area (Å²) in [7, 11) is 0. The quantitative estimate of drug-likeness (QED) is 0.902. The number of rotatable bonds is 4. The van der Waals surface area contributed by atoms with Crippen molar-refractivity contribution < 1.29 is 5.11 Å². The Balaban J connectivity index is 2.03. The third-order valence-electron chi connectivity index (χ3n) is 3.18. The van der Waals surface area contributed by atoms with Crippen LogP contribution in [0.5, 0.6) is 0 Å². The van der Waals surface area contributed by atoms with E-state index in [0.717, 1.165) is 16.8 Å². The van der Waals surface area contributed by atoms with Crippen LogP contribution in [-0.4, -0.2) is 11.7 Å². The fourth-order valence-corrected chi connectivity index (χ4v) is 2.08. The van der Waals surface area contributed by atoms with Crippen molar-refractivity contribution in [1.82, 2.24) is 0 Å². The summed E-state index contributed by atoms with van der Waals surface area (Å²) in [5.41, 5.74) is 3.22. The molecule has 3 nitrogen and oxygen atoms in total. The summed E-state index contributed by atoms with van der Waals surface area (Å²) >= 11 is 6.05. The Hall–Kier alpha value is -2.02. The van der Waals surface area contributed by atoms with Crippen molar-refractivity contribution in [1.29, 1.82) is 5.26 Å². The summed E-state index contributed by atoms with van der Waals surface area (Å²) in [5, 5.41) is 22.7. The SMILES string of the molecule is Cc1c(Cl)cccc1NCC(O)c1ccc(C#N)cc1. The van der Waals surface area contributed by atoms with Crippen LogP contribution in [-0.2, 0) is 0 Å². The van der Waals surface area contributed by atoms with Gasteiger partial charge in [0.05, 0.1) is 17.7 Å².